The predicted octanol–water partition coefficient (Wildman–Crippen LogP) is 3.32. The van der Waals surface area contributed by atoms with E-state index in [0.29, 0.717) is 17.3 Å². The Labute approximate surface area is 169 Å². The molecule has 0 aliphatic heterocycles. The summed E-state index contributed by atoms with van der Waals surface area (Å²) in [5.41, 5.74) is 3.19. The molecule has 1 heterocycles. The molecule has 0 radical (unpaired) electrons. The van der Waals surface area contributed by atoms with Gasteiger partial charge in [-0.05, 0) is 48.4 Å². The van der Waals surface area contributed by atoms with E-state index >= 15 is 0 Å². The lowest BCUT2D eigenvalue weighted by Crippen LogP contribution is -2.25. The summed E-state index contributed by atoms with van der Waals surface area (Å²) in [7, 11) is 1.36. The van der Waals surface area contributed by atoms with Gasteiger partial charge in [0.05, 0.1) is 4.90 Å². The van der Waals surface area contributed by atoms with E-state index in [1.807, 2.05) is 30.7 Å². The number of aryl methyl sites for hydroxylation is 2. The fourth-order valence-electron chi connectivity index (χ4n) is 3.18. The first-order valence-electron chi connectivity index (χ1n) is 8.67. The number of benzene rings is 2. The van der Waals surface area contributed by atoms with E-state index in [0.717, 1.165) is 22.0 Å². The van der Waals surface area contributed by atoms with Gasteiger partial charge >= 0.3 is 0 Å². The summed E-state index contributed by atoms with van der Waals surface area (Å²) in [6.45, 7) is 2.19. The highest BCUT2D eigenvalue weighted by atomic mass is 35.5. The van der Waals surface area contributed by atoms with Crippen LogP contribution >= 0.6 is 11.6 Å². The number of amides is 1. The van der Waals surface area contributed by atoms with Crippen LogP contribution in [0.1, 0.15) is 21.6 Å². The Morgan fingerprint density at radius 2 is 1.79 bits per heavy atom. The topological polar surface area (TPSA) is 71.4 Å². The van der Waals surface area contributed by atoms with Crippen molar-refractivity contribution in [2.75, 3.05) is 14.1 Å². The first kappa shape index (κ1) is 20.4. The molecule has 2 aromatic carbocycles. The third-order valence-electron chi connectivity index (χ3n) is 4.78. The first-order valence-corrected chi connectivity index (χ1v) is 10.5. The zero-order chi connectivity index (χ0) is 20.6. The van der Waals surface area contributed by atoms with Crippen molar-refractivity contribution in [2.45, 2.75) is 18.4 Å². The van der Waals surface area contributed by atoms with Crippen LogP contribution in [-0.2, 0) is 23.6 Å². The van der Waals surface area contributed by atoms with E-state index < -0.39 is 10.0 Å². The van der Waals surface area contributed by atoms with E-state index in [2.05, 4.69) is 5.32 Å². The van der Waals surface area contributed by atoms with Crippen molar-refractivity contribution >= 4 is 38.4 Å². The summed E-state index contributed by atoms with van der Waals surface area (Å²) in [4.78, 5) is 13.0. The average Bonchev–Trinajstić information content (AvgIpc) is 2.90. The lowest BCUT2D eigenvalue weighted by atomic mass is 10.1. The number of nitrogens with zero attached hydrogens (tertiary/aromatic N) is 2. The Balaban J connectivity index is 1.79. The van der Waals surface area contributed by atoms with E-state index in [9.17, 15) is 13.2 Å². The minimum atomic E-state index is -3.47. The van der Waals surface area contributed by atoms with E-state index in [4.69, 9.17) is 11.6 Å². The van der Waals surface area contributed by atoms with E-state index in [-0.39, 0.29) is 10.8 Å². The molecule has 0 saturated carbocycles. The van der Waals surface area contributed by atoms with Crippen LogP contribution < -0.4 is 5.32 Å². The normalized spacial score (nSPS) is 11.9. The summed E-state index contributed by atoms with van der Waals surface area (Å²) in [6.07, 6.45) is 0. The van der Waals surface area contributed by atoms with Gasteiger partial charge in [0.2, 0.25) is 10.0 Å². The van der Waals surface area contributed by atoms with Gasteiger partial charge in [0.25, 0.3) is 5.91 Å². The molecule has 0 atom stereocenters. The molecule has 0 aliphatic rings. The molecular weight excluding hydrogens is 398 g/mol. The molecule has 0 spiro atoms. The number of halogens is 1. The highest BCUT2D eigenvalue weighted by molar-refractivity contribution is 7.89. The second-order valence-electron chi connectivity index (χ2n) is 6.81. The van der Waals surface area contributed by atoms with Crippen LogP contribution in [0.25, 0.3) is 10.9 Å². The highest BCUT2D eigenvalue weighted by Gasteiger charge is 2.19. The third-order valence-corrected chi connectivity index (χ3v) is 6.85. The molecule has 1 amide bonds. The van der Waals surface area contributed by atoms with Gasteiger partial charge < -0.3 is 9.88 Å². The van der Waals surface area contributed by atoms with Crippen LogP contribution in [0.2, 0.25) is 5.02 Å². The molecule has 8 heteroatoms. The summed E-state index contributed by atoms with van der Waals surface area (Å²) < 4.78 is 27.3. The molecule has 0 bridgehead atoms. The number of rotatable bonds is 5. The Hall–Kier alpha value is -2.35. The highest BCUT2D eigenvalue weighted by Crippen LogP contribution is 2.27. The summed E-state index contributed by atoms with van der Waals surface area (Å²) in [6, 6.07) is 12.0. The Morgan fingerprint density at radius 3 is 2.39 bits per heavy atom. The zero-order valence-electron chi connectivity index (χ0n) is 16.2. The molecule has 3 aromatic rings. The number of carbonyl (C=O) groups is 1. The van der Waals surface area contributed by atoms with Crippen LogP contribution in [-0.4, -0.2) is 37.3 Å². The van der Waals surface area contributed by atoms with Gasteiger partial charge in [0.15, 0.2) is 0 Å². The summed E-state index contributed by atoms with van der Waals surface area (Å²) in [5.74, 6) is -0.197. The minimum Gasteiger partial charge on any atom is -0.347 e. The smallest absolute Gasteiger partial charge is 0.268 e. The molecule has 1 N–H and O–H groups in total. The molecule has 0 unspecified atom stereocenters. The number of carbonyl (C=O) groups excluding carboxylic acids is 1. The molecule has 6 nitrogen and oxygen atoms in total. The van der Waals surface area contributed by atoms with Gasteiger partial charge in [-0.3, -0.25) is 4.79 Å². The van der Waals surface area contributed by atoms with Crippen molar-refractivity contribution in [1.29, 1.82) is 0 Å². The monoisotopic (exact) mass is 419 g/mol. The van der Waals surface area contributed by atoms with Crippen molar-refractivity contribution in [3.05, 3.63) is 64.3 Å². The molecular formula is C20H22ClN3O3S. The van der Waals surface area contributed by atoms with Crippen molar-refractivity contribution < 1.29 is 13.2 Å². The standard InChI is InChI=1S/C20H22ClN3O3S/c1-13-17-11-15(21)7-10-18(17)24(4)19(13)20(25)22-12-14-5-8-16(9-6-14)28(26,27)23(2)3/h5-11H,12H2,1-4H3,(H,22,25). The minimum absolute atomic E-state index is 0.197. The average molecular weight is 420 g/mol. The maximum Gasteiger partial charge on any atom is 0.268 e. The number of hydrogen-bond donors (Lipinski definition) is 1. The summed E-state index contributed by atoms with van der Waals surface area (Å²) >= 11 is 6.08. The van der Waals surface area contributed by atoms with Crippen LogP contribution in [0.15, 0.2) is 47.4 Å². The quantitative estimate of drug-likeness (QED) is 0.689. The first-order chi connectivity index (χ1) is 13.1. The SMILES string of the molecule is Cc1c(C(=O)NCc2ccc(S(=O)(=O)N(C)C)cc2)n(C)c2ccc(Cl)cc12. The van der Waals surface area contributed by atoms with E-state index in [1.165, 1.54) is 18.4 Å². The number of aromatic nitrogens is 1. The molecule has 0 fully saturated rings. The second kappa shape index (κ2) is 7.58. The number of nitrogens with one attached hydrogen (secondary N) is 1. The Bertz CT molecular complexity index is 1150. The zero-order valence-corrected chi connectivity index (χ0v) is 17.7. The van der Waals surface area contributed by atoms with Gasteiger partial charge in [0, 0.05) is 43.6 Å². The van der Waals surface area contributed by atoms with Crippen molar-refractivity contribution in [2.24, 2.45) is 7.05 Å². The number of fused-ring (bicyclic) bond motifs is 1. The molecule has 148 valence electrons. The van der Waals surface area contributed by atoms with Crippen LogP contribution in [0.5, 0.6) is 0 Å². The second-order valence-corrected chi connectivity index (χ2v) is 9.40. The van der Waals surface area contributed by atoms with Crippen LogP contribution in [0.3, 0.4) is 0 Å². The van der Waals surface area contributed by atoms with Gasteiger partial charge in [0.1, 0.15) is 5.69 Å². The van der Waals surface area contributed by atoms with Gasteiger partial charge in [-0.25, -0.2) is 12.7 Å². The van der Waals surface area contributed by atoms with Gasteiger partial charge in [-0.15, -0.1) is 0 Å². The molecule has 0 aliphatic carbocycles. The Kier molecular flexibility index (Phi) is 5.52. The van der Waals surface area contributed by atoms with Crippen LogP contribution in [0, 0.1) is 6.92 Å². The fourth-order valence-corrected chi connectivity index (χ4v) is 4.25. The van der Waals surface area contributed by atoms with Crippen molar-refractivity contribution in [3.8, 4) is 0 Å². The Morgan fingerprint density at radius 1 is 1.14 bits per heavy atom. The lowest BCUT2D eigenvalue weighted by Gasteiger charge is -2.12. The molecule has 3 rings (SSSR count). The molecule has 28 heavy (non-hydrogen) atoms. The molecule has 0 saturated heterocycles. The van der Waals surface area contributed by atoms with Crippen molar-refractivity contribution in [1.82, 2.24) is 14.2 Å². The maximum atomic E-state index is 12.8. The van der Waals surface area contributed by atoms with Crippen LogP contribution in [0.4, 0.5) is 0 Å². The number of hydrogen-bond acceptors (Lipinski definition) is 3. The van der Waals surface area contributed by atoms with Crippen molar-refractivity contribution in [3.63, 3.8) is 0 Å². The van der Waals surface area contributed by atoms with Gasteiger partial charge in [-0.2, -0.15) is 0 Å². The lowest BCUT2D eigenvalue weighted by molar-refractivity contribution is 0.0942. The third kappa shape index (κ3) is 3.65. The predicted molar refractivity (Wildman–Crippen MR) is 111 cm³/mol. The number of sulfonamides is 1. The van der Waals surface area contributed by atoms with E-state index in [1.54, 1.807) is 30.3 Å². The largest absolute Gasteiger partial charge is 0.347 e. The van der Waals surface area contributed by atoms with Gasteiger partial charge in [-0.1, -0.05) is 23.7 Å². The fraction of sp³-hybridized carbons (Fsp3) is 0.250. The summed E-state index contributed by atoms with van der Waals surface area (Å²) in [5, 5.41) is 4.47. The maximum absolute atomic E-state index is 12.8. The molecule has 1 aromatic heterocycles.